The van der Waals surface area contributed by atoms with Crippen molar-refractivity contribution in [3.8, 4) is 5.69 Å². The Labute approximate surface area is 207 Å². The van der Waals surface area contributed by atoms with Gasteiger partial charge in [-0.3, -0.25) is 4.98 Å². The molecule has 3 aromatic carbocycles. The van der Waals surface area contributed by atoms with Gasteiger partial charge in [-0.1, -0.05) is 54.3 Å². The highest BCUT2D eigenvalue weighted by Crippen LogP contribution is 2.37. The maximum absolute atomic E-state index is 13.5. The van der Waals surface area contributed by atoms with Crippen LogP contribution in [0.5, 0.6) is 0 Å². The van der Waals surface area contributed by atoms with Gasteiger partial charge in [-0.2, -0.15) is 26.3 Å². The summed E-state index contributed by atoms with van der Waals surface area (Å²) in [7, 11) is 1.59. The highest BCUT2D eigenvalue weighted by Gasteiger charge is 2.33. The molecule has 0 saturated carbocycles. The molecular weight excluding hydrogens is 508 g/mol. The van der Waals surface area contributed by atoms with Gasteiger partial charge in [0.25, 0.3) is 0 Å². The summed E-state index contributed by atoms with van der Waals surface area (Å²) >= 11 is 6.15. The Bertz CT molecular complexity index is 1310. The second-order valence-corrected chi connectivity index (χ2v) is 8.40. The Balaban J connectivity index is 1.72. The van der Waals surface area contributed by atoms with Crippen LogP contribution in [0.3, 0.4) is 0 Å². The first-order valence-electron chi connectivity index (χ1n) is 10.6. The van der Waals surface area contributed by atoms with Crippen molar-refractivity contribution < 1.29 is 30.7 Å². The van der Waals surface area contributed by atoms with E-state index in [1.165, 1.54) is 42.6 Å². The number of benzene rings is 3. The standard InChI is InChI=1S/C25H16BClF7N2/c27-21-13-19(28)7-8-22(21)36-10-9-35-23(36)26-14-20(15-3-1-5-17(11-15)24(29,30)31)16-4-2-6-18(12-16)25(32,33)34/h1-13,20H,14H2. The Kier molecular flexibility index (Phi) is 7.18. The first-order chi connectivity index (χ1) is 16.9. The van der Waals surface area contributed by atoms with Crippen molar-refractivity contribution in [1.29, 1.82) is 0 Å². The first-order valence-corrected chi connectivity index (χ1v) is 11.0. The summed E-state index contributed by atoms with van der Waals surface area (Å²) < 4.78 is 95.2. The molecule has 0 saturated heterocycles. The molecule has 0 aliphatic rings. The van der Waals surface area contributed by atoms with Crippen LogP contribution in [-0.2, 0) is 12.4 Å². The normalized spacial score (nSPS) is 12.2. The fourth-order valence-corrected chi connectivity index (χ4v) is 4.16. The van der Waals surface area contributed by atoms with E-state index in [9.17, 15) is 30.7 Å². The van der Waals surface area contributed by atoms with Gasteiger partial charge in [0.05, 0.1) is 27.6 Å². The molecule has 1 heterocycles. The zero-order valence-electron chi connectivity index (χ0n) is 18.3. The summed E-state index contributed by atoms with van der Waals surface area (Å²) in [4.78, 5) is 4.22. The first kappa shape index (κ1) is 25.8. The average molecular weight is 524 g/mol. The average Bonchev–Trinajstić information content (AvgIpc) is 3.27. The molecule has 0 unspecified atom stereocenters. The zero-order valence-corrected chi connectivity index (χ0v) is 19.0. The number of hydrogen-bond acceptors (Lipinski definition) is 1. The lowest BCUT2D eigenvalue weighted by Gasteiger charge is -2.21. The van der Waals surface area contributed by atoms with Crippen LogP contribution in [0.4, 0.5) is 30.7 Å². The molecule has 0 amide bonds. The van der Waals surface area contributed by atoms with Crippen LogP contribution in [0, 0.1) is 5.82 Å². The van der Waals surface area contributed by atoms with Crippen LogP contribution in [0.15, 0.2) is 79.1 Å². The van der Waals surface area contributed by atoms with Gasteiger partial charge in [0.15, 0.2) is 0 Å². The van der Waals surface area contributed by atoms with Gasteiger partial charge in [-0.05, 0) is 41.5 Å². The second-order valence-electron chi connectivity index (χ2n) is 7.99. The van der Waals surface area contributed by atoms with E-state index >= 15 is 0 Å². The summed E-state index contributed by atoms with van der Waals surface area (Å²) in [5, 5.41) is 0.106. The summed E-state index contributed by atoms with van der Waals surface area (Å²) in [5.74, 6) is -1.38. The Hall–Kier alpha value is -3.27. The lowest BCUT2D eigenvalue weighted by atomic mass is 9.65. The van der Waals surface area contributed by atoms with E-state index in [2.05, 4.69) is 4.98 Å². The molecule has 1 radical (unpaired) electrons. The van der Waals surface area contributed by atoms with Crippen LogP contribution < -0.4 is 5.72 Å². The van der Waals surface area contributed by atoms with E-state index in [1.54, 1.807) is 18.0 Å². The maximum atomic E-state index is 13.5. The van der Waals surface area contributed by atoms with Gasteiger partial charge in [-0.25, -0.2) is 4.39 Å². The minimum Gasteiger partial charge on any atom is -0.311 e. The van der Waals surface area contributed by atoms with E-state index in [0.29, 0.717) is 11.4 Å². The number of rotatable bonds is 6. The molecule has 0 spiro atoms. The molecular formula is C25H16BClF7N2. The number of hydrogen-bond donors (Lipinski definition) is 0. The van der Waals surface area contributed by atoms with Crippen molar-refractivity contribution in [2.45, 2.75) is 24.6 Å². The quantitative estimate of drug-likeness (QED) is 0.192. The van der Waals surface area contributed by atoms with Gasteiger partial charge in [0.1, 0.15) is 5.82 Å². The molecule has 0 aliphatic carbocycles. The van der Waals surface area contributed by atoms with Gasteiger partial charge >= 0.3 is 12.4 Å². The predicted molar refractivity (Wildman–Crippen MR) is 123 cm³/mol. The fraction of sp³-hybridized carbons (Fsp3) is 0.160. The Morgan fingerprint density at radius 2 is 1.42 bits per heavy atom. The minimum absolute atomic E-state index is 0.0262. The number of imidazole rings is 1. The third-order valence-corrected chi connectivity index (χ3v) is 5.91. The van der Waals surface area contributed by atoms with E-state index in [0.717, 1.165) is 30.3 Å². The lowest BCUT2D eigenvalue weighted by molar-refractivity contribution is -0.138. The Morgan fingerprint density at radius 1 is 0.833 bits per heavy atom. The summed E-state index contributed by atoms with van der Waals surface area (Å²) in [6.07, 6.45) is -6.19. The Morgan fingerprint density at radius 3 is 1.94 bits per heavy atom. The van der Waals surface area contributed by atoms with Crippen molar-refractivity contribution in [3.63, 3.8) is 0 Å². The zero-order chi connectivity index (χ0) is 26.1. The molecule has 0 fully saturated rings. The molecule has 11 heteroatoms. The summed E-state index contributed by atoms with van der Waals surface area (Å²) in [5.41, 5.74) is -0.672. The molecule has 4 aromatic rings. The van der Waals surface area contributed by atoms with Gasteiger partial charge < -0.3 is 4.57 Å². The molecule has 4 rings (SSSR count). The van der Waals surface area contributed by atoms with Crippen molar-refractivity contribution >= 4 is 24.6 Å². The van der Waals surface area contributed by atoms with Gasteiger partial charge in [0.2, 0.25) is 7.28 Å². The smallest absolute Gasteiger partial charge is 0.311 e. The number of aromatic nitrogens is 2. The molecule has 1 aromatic heterocycles. The molecule has 36 heavy (non-hydrogen) atoms. The fourth-order valence-electron chi connectivity index (χ4n) is 3.90. The number of halogens is 8. The highest BCUT2D eigenvalue weighted by molar-refractivity contribution is 6.51. The monoisotopic (exact) mass is 523 g/mol. The van der Waals surface area contributed by atoms with E-state index in [1.807, 2.05) is 0 Å². The van der Waals surface area contributed by atoms with E-state index in [-0.39, 0.29) is 22.5 Å². The summed E-state index contributed by atoms with van der Waals surface area (Å²) in [6, 6.07) is 12.8. The maximum Gasteiger partial charge on any atom is 0.416 e. The lowest BCUT2D eigenvalue weighted by Crippen LogP contribution is -2.27. The van der Waals surface area contributed by atoms with Crippen LogP contribution >= 0.6 is 11.6 Å². The van der Waals surface area contributed by atoms with Crippen LogP contribution in [0.2, 0.25) is 11.3 Å². The van der Waals surface area contributed by atoms with E-state index < -0.39 is 35.2 Å². The molecule has 0 bridgehead atoms. The molecule has 0 atom stereocenters. The van der Waals surface area contributed by atoms with Crippen LogP contribution in [0.1, 0.15) is 28.2 Å². The molecule has 0 N–H and O–H groups in total. The van der Waals surface area contributed by atoms with Crippen molar-refractivity contribution in [2.24, 2.45) is 0 Å². The van der Waals surface area contributed by atoms with Crippen LogP contribution in [-0.4, -0.2) is 16.8 Å². The van der Waals surface area contributed by atoms with Crippen molar-refractivity contribution in [1.82, 2.24) is 9.55 Å². The minimum atomic E-state index is -4.62. The third-order valence-electron chi connectivity index (χ3n) is 5.61. The van der Waals surface area contributed by atoms with Crippen molar-refractivity contribution in [2.75, 3.05) is 0 Å². The largest absolute Gasteiger partial charge is 0.416 e. The SMILES string of the molecule is Fc1ccc(-n2ccnc2[B]CC(c2cccc(C(F)(F)F)c2)c2cccc(C(F)(F)F)c2)c(Cl)c1. The highest BCUT2D eigenvalue weighted by atomic mass is 35.5. The van der Waals surface area contributed by atoms with Gasteiger partial charge in [0, 0.05) is 18.3 Å². The second kappa shape index (κ2) is 10.0. The van der Waals surface area contributed by atoms with Crippen molar-refractivity contribution in [3.05, 3.63) is 112 Å². The number of nitrogens with zero attached hydrogens (tertiary/aromatic N) is 2. The van der Waals surface area contributed by atoms with Crippen LogP contribution in [0.25, 0.3) is 5.69 Å². The molecule has 2 nitrogen and oxygen atoms in total. The van der Waals surface area contributed by atoms with Gasteiger partial charge in [-0.15, -0.1) is 0 Å². The predicted octanol–water partition coefficient (Wildman–Crippen LogP) is 7.28. The topological polar surface area (TPSA) is 17.8 Å². The third kappa shape index (κ3) is 5.75. The molecule has 185 valence electrons. The summed E-state index contributed by atoms with van der Waals surface area (Å²) in [6.45, 7) is 0. The van der Waals surface area contributed by atoms with E-state index in [4.69, 9.17) is 11.6 Å². The number of alkyl halides is 6. The molecule has 0 aliphatic heterocycles.